The van der Waals surface area contributed by atoms with Gasteiger partial charge in [-0.1, -0.05) is 25.3 Å². The Kier molecular flexibility index (Phi) is 8.90. The monoisotopic (exact) mass is 352 g/mol. The molecular formula is C19H32O4Si. The van der Waals surface area contributed by atoms with Crippen molar-refractivity contribution in [2.75, 3.05) is 14.2 Å². The highest BCUT2D eigenvalue weighted by molar-refractivity contribution is 6.71. The molecule has 1 aromatic carbocycles. The van der Waals surface area contributed by atoms with Crippen LogP contribution in [0.2, 0.25) is 19.6 Å². The highest BCUT2D eigenvalue weighted by Gasteiger charge is 2.19. The highest BCUT2D eigenvalue weighted by atomic mass is 28.4. The summed E-state index contributed by atoms with van der Waals surface area (Å²) < 4.78 is 16.0. The van der Waals surface area contributed by atoms with Gasteiger partial charge in [0, 0.05) is 6.42 Å². The van der Waals surface area contributed by atoms with Gasteiger partial charge >= 0.3 is 0 Å². The molecule has 5 heteroatoms. The first kappa shape index (κ1) is 20.6. The third-order valence-corrected chi connectivity index (χ3v) is 4.55. The molecule has 0 saturated carbocycles. The van der Waals surface area contributed by atoms with Gasteiger partial charge in [-0.2, -0.15) is 0 Å². The SMILES string of the molecule is COc1ccc(CCCCCCCC(=O)O[Si](C)(C)C)cc1OC. The fourth-order valence-electron chi connectivity index (χ4n) is 2.56. The second kappa shape index (κ2) is 10.4. The quantitative estimate of drug-likeness (QED) is 0.417. The smallest absolute Gasteiger partial charge is 0.292 e. The van der Waals surface area contributed by atoms with Gasteiger partial charge in [-0.15, -0.1) is 0 Å². The van der Waals surface area contributed by atoms with Crippen molar-refractivity contribution in [3.63, 3.8) is 0 Å². The molecule has 0 radical (unpaired) electrons. The summed E-state index contributed by atoms with van der Waals surface area (Å²) in [5.41, 5.74) is 1.27. The highest BCUT2D eigenvalue weighted by Crippen LogP contribution is 2.28. The van der Waals surface area contributed by atoms with Crippen LogP contribution in [0, 0.1) is 0 Å². The largest absolute Gasteiger partial charge is 0.520 e. The van der Waals surface area contributed by atoms with Crippen LogP contribution in [-0.2, 0) is 15.6 Å². The van der Waals surface area contributed by atoms with E-state index in [2.05, 4.69) is 6.07 Å². The molecular weight excluding hydrogens is 320 g/mol. The van der Waals surface area contributed by atoms with Crippen LogP contribution in [0.15, 0.2) is 18.2 Å². The maximum absolute atomic E-state index is 11.6. The molecule has 0 spiro atoms. The van der Waals surface area contributed by atoms with E-state index >= 15 is 0 Å². The molecule has 0 heterocycles. The average molecular weight is 353 g/mol. The molecule has 0 unspecified atom stereocenters. The zero-order valence-corrected chi connectivity index (χ0v) is 16.8. The molecule has 0 amide bonds. The van der Waals surface area contributed by atoms with Gasteiger partial charge in [0.25, 0.3) is 5.97 Å². The molecule has 136 valence electrons. The number of ether oxygens (including phenoxy) is 2. The van der Waals surface area contributed by atoms with Crippen molar-refractivity contribution in [3.05, 3.63) is 23.8 Å². The molecule has 0 aliphatic carbocycles. The second-order valence-electron chi connectivity index (χ2n) is 7.04. The van der Waals surface area contributed by atoms with Gasteiger partial charge in [-0.25, -0.2) is 0 Å². The third-order valence-electron chi connectivity index (χ3n) is 3.71. The van der Waals surface area contributed by atoms with Crippen LogP contribution in [0.5, 0.6) is 11.5 Å². The van der Waals surface area contributed by atoms with Gasteiger partial charge in [0.2, 0.25) is 8.32 Å². The van der Waals surface area contributed by atoms with E-state index in [4.69, 9.17) is 13.9 Å². The minimum Gasteiger partial charge on any atom is -0.520 e. The molecule has 0 aromatic heterocycles. The first-order valence-corrected chi connectivity index (χ1v) is 12.2. The van der Waals surface area contributed by atoms with Crippen molar-refractivity contribution in [3.8, 4) is 11.5 Å². The number of methoxy groups -OCH3 is 2. The zero-order chi connectivity index (χ0) is 18.0. The van der Waals surface area contributed by atoms with Crippen LogP contribution in [0.3, 0.4) is 0 Å². The van der Waals surface area contributed by atoms with E-state index in [1.165, 1.54) is 12.0 Å². The summed E-state index contributed by atoms with van der Waals surface area (Å²) in [5.74, 6) is 1.53. The Morgan fingerprint density at radius 3 is 2.17 bits per heavy atom. The topological polar surface area (TPSA) is 44.8 Å². The fraction of sp³-hybridized carbons (Fsp3) is 0.632. The van der Waals surface area contributed by atoms with Crippen molar-refractivity contribution in [1.29, 1.82) is 0 Å². The van der Waals surface area contributed by atoms with E-state index in [9.17, 15) is 4.79 Å². The first-order valence-electron chi connectivity index (χ1n) is 8.78. The molecule has 1 rings (SSSR count). The maximum Gasteiger partial charge on any atom is 0.292 e. The Morgan fingerprint density at radius 1 is 0.917 bits per heavy atom. The van der Waals surface area contributed by atoms with Crippen molar-refractivity contribution in [2.45, 2.75) is 64.6 Å². The molecule has 1 aromatic rings. The predicted molar refractivity (Wildman–Crippen MR) is 100 cm³/mol. The van der Waals surface area contributed by atoms with Crippen molar-refractivity contribution in [2.24, 2.45) is 0 Å². The van der Waals surface area contributed by atoms with Gasteiger partial charge in [0.15, 0.2) is 11.5 Å². The van der Waals surface area contributed by atoms with E-state index < -0.39 is 8.32 Å². The normalized spacial score (nSPS) is 11.2. The lowest BCUT2D eigenvalue weighted by Gasteiger charge is -2.17. The van der Waals surface area contributed by atoms with Crippen molar-refractivity contribution in [1.82, 2.24) is 0 Å². The van der Waals surface area contributed by atoms with Crippen LogP contribution in [0.1, 0.15) is 44.1 Å². The summed E-state index contributed by atoms with van der Waals surface area (Å²) >= 11 is 0. The number of hydrogen-bond donors (Lipinski definition) is 0. The number of carbonyl (C=O) groups excluding carboxylic acids is 1. The number of rotatable bonds is 11. The summed E-state index contributed by atoms with van der Waals surface area (Å²) in [6, 6.07) is 6.09. The Morgan fingerprint density at radius 2 is 1.54 bits per heavy atom. The molecule has 0 bridgehead atoms. The van der Waals surface area contributed by atoms with Gasteiger partial charge in [0.1, 0.15) is 0 Å². The molecule has 24 heavy (non-hydrogen) atoms. The predicted octanol–water partition coefficient (Wildman–Crippen LogP) is 4.97. The van der Waals surface area contributed by atoms with Crippen molar-refractivity contribution < 1.29 is 18.7 Å². The molecule has 0 saturated heterocycles. The van der Waals surface area contributed by atoms with Gasteiger partial charge in [0.05, 0.1) is 14.2 Å². The lowest BCUT2D eigenvalue weighted by atomic mass is 10.0. The fourth-order valence-corrected chi connectivity index (χ4v) is 3.34. The Bertz CT molecular complexity index is 509. The summed E-state index contributed by atoms with van der Waals surface area (Å²) in [4.78, 5) is 11.6. The Labute approximate surface area is 147 Å². The minimum absolute atomic E-state index is 0.0282. The molecule has 0 N–H and O–H groups in total. The van der Waals surface area contributed by atoms with E-state index in [0.717, 1.165) is 43.6 Å². The van der Waals surface area contributed by atoms with E-state index in [-0.39, 0.29) is 5.97 Å². The first-order chi connectivity index (χ1) is 11.4. The zero-order valence-electron chi connectivity index (χ0n) is 15.8. The molecule has 0 aliphatic heterocycles. The van der Waals surface area contributed by atoms with E-state index in [1.807, 2.05) is 31.8 Å². The summed E-state index contributed by atoms with van der Waals surface area (Å²) in [5, 5.41) is 0. The second-order valence-corrected chi connectivity index (χ2v) is 11.5. The number of unbranched alkanes of at least 4 members (excludes halogenated alkanes) is 4. The van der Waals surface area contributed by atoms with E-state index in [1.54, 1.807) is 14.2 Å². The van der Waals surface area contributed by atoms with Gasteiger partial charge in [-0.05, 0) is 56.6 Å². The molecule has 0 aliphatic rings. The number of aryl methyl sites for hydroxylation is 1. The summed E-state index contributed by atoms with van der Waals surface area (Å²) in [6.07, 6.45) is 7.10. The Hall–Kier alpha value is -1.49. The van der Waals surface area contributed by atoms with Gasteiger partial charge in [-0.3, -0.25) is 4.79 Å². The third kappa shape index (κ3) is 8.38. The van der Waals surface area contributed by atoms with Crippen molar-refractivity contribution >= 4 is 14.3 Å². The van der Waals surface area contributed by atoms with Crippen LogP contribution in [0.25, 0.3) is 0 Å². The van der Waals surface area contributed by atoms with Crippen LogP contribution in [-0.4, -0.2) is 28.5 Å². The summed E-state index contributed by atoms with van der Waals surface area (Å²) in [7, 11) is 1.59. The number of carbonyl (C=O) groups is 1. The molecule has 4 nitrogen and oxygen atoms in total. The minimum atomic E-state index is -1.72. The number of benzene rings is 1. The van der Waals surface area contributed by atoms with Crippen LogP contribution < -0.4 is 9.47 Å². The molecule has 0 fully saturated rings. The maximum atomic E-state index is 11.6. The lowest BCUT2D eigenvalue weighted by molar-refractivity contribution is -0.135. The van der Waals surface area contributed by atoms with Crippen LogP contribution in [0.4, 0.5) is 0 Å². The summed E-state index contributed by atoms with van der Waals surface area (Å²) in [6.45, 7) is 6.12. The molecule has 0 atom stereocenters. The standard InChI is InChI=1S/C19H32O4Si/c1-21-17-14-13-16(15-18(17)22-2)11-9-7-6-8-10-12-19(20)23-24(3,4)5/h13-15H,6-12H2,1-5H3. The Balaban J connectivity index is 2.15. The average Bonchev–Trinajstić information content (AvgIpc) is 2.52. The number of hydrogen-bond acceptors (Lipinski definition) is 4. The lowest BCUT2D eigenvalue weighted by Crippen LogP contribution is -2.28. The van der Waals surface area contributed by atoms with Gasteiger partial charge < -0.3 is 13.9 Å². The van der Waals surface area contributed by atoms with E-state index in [0.29, 0.717) is 6.42 Å². The van der Waals surface area contributed by atoms with Crippen LogP contribution >= 0.6 is 0 Å².